The van der Waals surface area contributed by atoms with Crippen LogP contribution in [0.1, 0.15) is 25.9 Å². The molecule has 1 aromatic carbocycles. The van der Waals surface area contributed by atoms with Crippen molar-refractivity contribution in [3.63, 3.8) is 0 Å². The standard InChI is InChI=1S/C20H14N2O4S2/c23-18(15-7-4-10-25-15)22-17-9-8-16(28-17)20(24)26-11-14-12-27-19(21-14)13-5-2-1-3-6-13/h1-10,12H,11H2,(H,22,23). The van der Waals surface area contributed by atoms with Gasteiger partial charge in [-0.15, -0.1) is 22.7 Å². The SMILES string of the molecule is O=C(Nc1ccc(C(=O)OCc2csc(-c3ccccc3)n2)s1)c1ccco1. The van der Waals surface area contributed by atoms with Crippen molar-refractivity contribution in [3.8, 4) is 10.6 Å². The smallest absolute Gasteiger partial charge is 0.348 e. The highest BCUT2D eigenvalue weighted by molar-refractivity contribution is 7.18. The Kier molecular flexibility index (Phi) is 5.31. The van der Waals surface area contributed by atoms with Gasteiger partial charge in [-0.25, -0.2) is 9.78 Å². The molecule has 0 saturated carbocycles. The van der Waals surface area contributed by atoms with E-state index in [9.17, 15) is 9.59 Å². The van der Waals surface area contributed by atoms with Crippen LogP contribution < -0.4 is 5.32 Å². The number of thiazole rings is 1. The van der Waals surface area contributed by atoms with E-state index in [4.69, 9.17) is 9.15 Å². The lowest BCUT2D eigenvalue weighted by atomic mass is 10.2. The summed E-state index contributed by atoms with van der Waals surface area (Å²) in [6, 6.07) is 16.3. The molecule has 0 unspecified atom stereocenters. The lowest BCUT2D eigenvalue weighted by molar-refractivity contribution is 0.0474. The molecule has 0 bridgehead atoms. The number of esters is 1. The predicted octanol–water partition coefficient (Wildman–Crippen LogP) is 5.07. The van der Waals surface area contributed by atoms with Gasteiger partial charge in [0.25, 0.3) is 5.91 Å². The van der Waals surface area contributed by atoms with E-state index in [1.54, 1.807) is 24.3 Å². The zero-order chi connectivity index (χ0) is 19.3. The van der Waals surface area contributed by atoms with Crippen LogP contribution in [-0.2, 0) is 11.3 Å². The fourth-order valence-electron chi connectivity index (χ4n) is 2.39. The first kappa shape index (κ1) is 18.1. The second kappa shape index (κ2) is 8.20. The second-order valence-electron chi connectivity index (χ2n) is 5.68. The number of hydrogen-bond acceptors (Lipinski definition) is 7. The van der Waals surface area contributed by atoms with Gasteiger partial charge in [-0.05, 0) is 24.3 Å². The van der Waals surface area contributed by atoms with Gasteiger partial charge < -0.3 is 14.5 Å². The molecule has 1 amide bonds. The molecule has 3 aromatic heterocycles. The number of amides is 1. The van der Waals surface area contributed by atoms with Crippen molar-refractivity contribution >= 4 is 39.6 Å². The molecule has 0 aliphatic heterocycles. The number of nitrogens with one attached hydrogen (secondary N) is 1. The van der Waals surface area contributed by atoms with Gasteiger partial charge in [0.05, 0.1) is 17.0 Å². The van der Waals surface area contributed by atoms with Crippen molar-refractivity contribution in [1.29, 1.82) is 0 Å². The van der Waals surface area contributed by atoms with E-state index in [0.29, 0.717) is 15.6 Å². The van der Waals surface area contributed by atoms with Gasteiger partial charge in [-0.1, -0.05) is 30.3 Å². The van der Waals surface area contributed by atoms with Crippen molar-refractivity contribution in [2.45, 2.75) is 6.61 Å². The molecule has 0 fully saturated rings. The van der Waals surface area contributed by atoms with Crippen LogP contribution >= 0.6 is 22.7 Å². The maximum atomic E-state index is 12.3. The van der Waals surface area contributed by atoms with Crippen molar-refractivity contribution < 1.29 is 18.7 Å². The molecule has 3 heterocycles. The Morgan fingerprint density at radius 3 is 2.71 bits per heavy atom. The molecule has 0 atom stereocenters. The zero-order valence-electron chi connectivity index (χ0n) is 14.5. The summed E-state index contributed by atoms with van der Waals surface area (Å²) in [7, 11) is 0. The van der Waals surface area contributed by atoms with E-state index in [0.717, 1.165) is 21.9 Å². The van der Waals surface area contributed by atoms with E-state index < -0.39 is 5.97 Å². The maximum Gasteiger partial charge on any atom is 0.348 e. The van der Waals surface area contributed by atoms with Crippen LogP contribution in [0.5, 0.6) is 0 Å². The molecule has 0 spiro atoms. The maximum absolute atomic E-state index is 12.3. The highest BCUT2D eigenvalue weighted by atomic mass is 32.1. The number of benzene rings is 1. The average molecular weight is 410 g/mol. The van der Waals surface area contributed by atoms with E-state index in [1.807, 2.05) is 35.7 Å². The average Bonchev–Trinajstić information content (AvgIpc) is 3.48. The molecule has 4 aromatic rings. The summed E-state index contributed by atoms with van der Waals surface area (Å²) in [5.41, 5.74) is 1.72. The zero-order valence-corrected chi connectivity index (χ0v) is 16.1. The van der Waals surface area contributed by atoms with E-state index in [-0.39, 0.29) is 18.3 Å². The first-order valence-electron chi connectivity index (χ1n) is 8.31. The van der Waals surface area contributed by atoms with E-state index in [1.165, 1.54) is 17.6 Å². The van der Waals surface area contributed by atoms with Crippen molar-refractivity contribution in [3.05, 3.63) is 82.6 Å². The lowest BCUT2D eigenvalue weighted by Crippen LogP contribution is -2.09. The van der Waals surface area contributed by atoms with Crippen LogP contribution in [0.25, 0.3) is 10.6 Å². The molecule has 0 saturated heterocycles. The normalized spacial score (nSPS) is 10.6. The first-order valence-corrected chi connectivity index (χ1v) is 10.0. The first-order chi connectivity index (χ1) is 13.7. The minimum atomic E-state index is -0.460. The van der Waals surface area contributed by atoms with Crippen LogP contribution in [0, 0.1) is 0 Å². The quantitative estimate of drug-likeness (QED) is 0.449. The third kappa shape index (κ3) is 4.19. The molecule has 28 heavy (non-hydrogen) atoms. The Balaban J connectivity index is 1.34. The molecule has 140 valence electrons. The van der Waals surface area contributed by atoms with Gasteiger partial charge in [0.2, 0.25) is 0 Å². The number of aromatic nitrogens is 1. The molecule has 0 radical (unpaired) electrons. The van der Waals surface area contributed by atoms with Crippen molar-refractivity contribution in [2.75, 3.05) is 5.32 Å². The number of nitrogens with zero attached hydrogens (tertiary/aromatic N) is 1. The molecule has 8 heteroatoms. The summed E-state index contributed by atoms with van der Waals surface area (Å²) in [6.45, 7) is 0.0914. The third-order valence-corrected chi connectivity index (χ3v) is 5.63. The van der Waals surface area contributed by atoms with Crippen LogP contribution in [0.15, 0.2) is 70.7 Å². The monoisotopic (exact) mass is 410 g/mol. The highest BCUT2D eigenvalue weighted by Crippen LogP contribution is 2.25. The van der Waals surface area contributed by atoms with Gasteiger partial charge in [0.1, 0.15) is 16.5 Å². The van der Waals surface area contributed by atoms with Gasteiger partial charge in [0.15, 0.2) is 5.76 Å². The molecule has 4 rings (SSSR count). The third-order valence-electron chi connectivity index (χ3n) is 3.71. The topological polar surface area (TPSA) is 81.4 Å². The Labute approximate surface area is 168 Å². The van der Waals surface area contributed by atoms with Crippen LogP contribution in [0.3, 0.4) is 0 Å². The van der Waals surface area contributed by atoms with Crippen molar-refractivity contribution in [1.82, 2.24) is 4.98 Å². The summed E-state index contributed by atoms with van der Waals surface area (Å²) in [5.74, 6) is -0.629. The lowest BCUT2D eigenvalue weighted by Gasteiger charge is -2.01. The summed E-state index contributed by atoms with van der Waals surface area (Å²) >= 11 is 2.64. The summed E-state index contributed by atoms with van der Waals surface area (Å²) in [5, 5.41) is 5.97. The van der Waals surface area contributed by atoms with Crippen LogP contribution in [0.2, 0.25) is 0 Å². The molecule has 0 aliphatic rings. The number of anilines is 1. The van der Waals surface area contributed by atoms with Gasteiger partial charge in [-0.2, -0.15) is 0 Å². The number of ether oxygens (including phenoxy) is 1. The Morgan fingerprint density at radius 2 is 1.93 bits per heavy atom. The number of thiophene rings is 1. The van der Waals surface area contributed by atoms with E-state index >= 15 is 0 Å². The van der Waals surface area contributed by atoms with Crippen LogP contribution in [-0.4, -0.2) is 16.9 Å². The summed E-state index contributed by atoms with van der Waals surface area (Å²) < 4.78 is 10.4. The fraction of sp³-hybridized carbons (Fsp3) is 0.0500. The largest absolute Gasteiger partial charge is 0.459 e. The summed E-state index contributed by atoms with van der Waals surface area (Å²) in [4.78, 5) is 29.1. The minimum Gasteiger partial charge on any atom is -0.459 e. The van der Waals surface area contributed by atoms with Crippen molar-refractivity contribution in [2.24, 2.45) is 0 Å². The molecule has 6 nitrogen and oxygen atoms in total. The molecule has 1 N–H and O–H groups in total. The predicted molar refractivity (Wildman–Crippen MR) is 108 cm³/mol. The molecular weight excluding hydrogens is 396 g/mol. The van der Waals surface area contributed by atoms with Gasteiger partial charge in [-0.3, -0.25) is 4.79 Å². The second-order valence-corrected chi connectivity index (χ2v) is 7.62. The fourth-order valence-corrected chi connectivity index (χ4v) is 4.00. The molecule has 0 aliphatic carbocycles. The molecular formula is C20H14N2O4S2. The number of carbonyl (C=O) groups is 2. The van der Waals surface area contributed by atoms with Gasteiger partial charge in [0, 0.05) is 10.9 Å². The highest BCUT2D eigenvalue weighted by Gasteiger charge is 2.15. The Bertz CT molecular complexity index is 1080. The minimum absolute atomic E-state index is 0.0914. The Morgan fingerprint density at radius 1 is 1.07 bits per heavy atom. The summed E-state index contributed by atoms with van der Waals surface area (Å²) in [6.07, 6.45) is 1.42. The number of carbonyl (C=O) groups excluding carboxylic acids is 2. The number of hydrogen-bond donors (Lipinski definition) is 1. The van der Waals surface area contributed by atoms with E-state index in [2.05, 4.69) is 10.3 Å². The Hall–Kier alpha value is -3.23. The number of furan rings is 1. The van der Waals surface area contributed by atoms with Gasteiger partial charge >= 0.3 is 5.97 Å². The number of rotatable bonds is 6. The van der Waals surface area contributed by atoms with Crippen LogP contribution in [0.4, 0.5) is 5.00 Å².